The van der Waals surface area contributed by atoms with Crippen molar-refractivity contribution in [2.75, 3.05) is 26.4 Å². The van der Waals surface area contributed by atoms with Gasteiger partial charge in [0.1, 0.15) is 11.8 Å². The van der Waals surface area contributed by atoms with E-state index < -0.39 is 6.10 Å². The molecule has 170 valence electrons. The Labute approximate surface area is 195 Å². The van der Waals surface area contributed by atoms with Gasteiger partial charge in [0.15, 0.2) is 0 Å². The van der Waals surface area contributed by atoms with Gasteiger partial charge in [0.25, 0.3) is 0 Å². The number of carbonyl (C=O) groups excluding carboxylic acids is 1. The molecule has 3 N–H and O–H groups in total. The zero-order valence-corrected chi connectivity index (χ0v) is 19.5. The lowest BCUT2D eigenvalue weighted by atomic mass is 9.92. The van der Waals surface area contributed by atoms with E-state index in [1.54, 1.807) is 4.90 Å². The summed E-state index contributed by atoms with van der Waals surface area (Å²) in [7, 11) is 0. The molecule has 1 aromatic heterocycles. The SMILES string of the molecule is CCOC(=O)N1CCc2c([nH]c3ccc(Br)cc23)[C@@H]1c1ccc(OCC[C@H](O)CO)cc1. The molecule has 0 aliphatic carbocycles. The van der Waals surface area contributed by atoms with Gasteiger partial charge in [-0.25, -0.2) is 4.79 Å². The Kier molecular flexibility index (Phi) is 7.03. The maximum Gasteiger partial charge on any atom is 0.410 e. The van der Waals surface area contributed by atoms with Gasteiger partial charge < -0.3 is 24.7 Å². The van der Waals surface area contributed by atoms with Gasteiger partial charge in [0, 0.05) is 34.0 Å². The Morgan fingerprint density at radius 1 is 1.28 bits per heavy atom. The third kappa shape index (κ3) is 4.62. The lowest BCUT2D eigenvalue weighted by Crippen LogP contribution is -2.40. The number of ether oxygens (including phenoxy) is 2. The third-order valence-electron chi connectivity index (χ3n) is 5.72. The summed E-state index contributed by atoms with van der Waals surface area (Å²) in [6.45, 7) is 2.72. The number of aliphatic hydroxyl groups is 2. The van der Waals surface area contributed by atoms with E-state index in [0.29, 0.717) is 31.9 Å². The summed E-state index contributed by atoms with van der Waals surface area (Å²) in [6, 6.07) is 13.5. The Hall–Kier alpha value is -2.55. The molecule has 2 atom stereocenters. The fourth-order valence-electron chi connectivity index (χ4n) is 4.16. The zero-order chi connectivity index (χ0) is 22.7. The number of nitrogens with zero attached hydrogens (tertiary/aromatic N) is 1. The number of carbonyl (C=O) groups is 1. The minimum atomic E-state index is -0.782. The fraction of sp³-hybridized carbons (Fsp3) is 0.375. The van der Waals surface area contributed by atoms with Crippen LogP contribution in [0.15, 0.2) is 46.9 Å². The largest absolute Gasteiger partial charge is 0.493 e. The Bertz CT molecular complexity index is 1080. The molecule has 0 spiro atoms. The van der Waals surface area contributed by atoms with Crippen LogP contribution in [-0.4, -0.2) is 58.7 Å². The van der Waals surface area contributed by atoms with E-state index in [0.717, 1.165) is 33.1 Å². The van der Waals surface area contributed by atoms with Crippen molar-refractivity contribution in [2.45, 2.75) is 31.9 Å². The molecule has 7 nitrogen and oxygen atoms in total. The molecule has 8 heteroatoms. The number of aromatic nitrogens is 1. The summed E-state index contributed by atoms with van der Waals surface area (Å²) < 4.78 is 12.0. The molecule has 3 aromatic rings. The fourth-order valence-corrected chi connectivity index (χ4v) is 4.52. The quantitative estimate of drug-likeness (QED) is 0.450. The second kappa shape index (κ2) is 9.94. The number of benzene rings is 2. The predicted molar refractivity (Wildman–Crippen MR) is 125 cm³/mol. The molecule has 2 heterocycles. The number of aromatic amines is 1. The maximum absolute atomic E-state index is 12.8. The average Bonchev–Trinajstić information content (AvgIpc) is 3.17. The molecule has 0 bridgehead atoms. The van der Waals surface area contributed by atoms with Crippen molar-refractivity contribution < 1.29 is 24.5 Å². The number of aliphatic hydroxyl groups excluding tert-OH is 2. The zero-order valence-electron chi connectivity index (χ0n) is 17.9. The monoisotopic (exact) mass is 502 g/mol. The first-order valence-electron chi connectivity index (χ1n) is 10.8. The minimum Gasteiger partial charge on any atom is -0.493 e. The van der Waals surface area contributed by atoms with Gasteiger partial charge in [0.2, 0.25) is 0 Å². The van der Waals surface area contributed by atoms with Crippen LogP contribution in [0.4, 0.5) is 4.79 Å². The topological polar surface area (TPSA) is 95.0 Å². The minimum absolute atomic E-state index is 0.281. The Balaban J connectivity index is 1.66. The molecule has 1 amide bonds. The van der Waals surface area contributed by atoms with Crippen LogP contribution in [0.2, 0.25) is 0 Å². The van der Waals surface area contributed by atoms with Gasteiger partial charge in [-0.15, -0.1) is 0 Å². The van der Waals surface area contributed by atoms with Crippen molar-refractivity contribution >= 4 is 32.9 Å². The highest BCUT2D eigenvalue weighted by molar-refractivity contribution is 9.10. The van der Waals surface area contributed by atoms with Crippen molar-refractivity contribution in [2.24, 2.45) is 0 Å². The summed E-state index contributed by atoms with van der Waals surface area (Å²) in [5, 5.41) is 19.5. The lowest BCUT2D eigenvalue weighted by molar-refractivity contribution is 0.0754. The molecular weight excluding hydrogens is 476 g/mol. The molecule has 1 aliphatic heterocycles. The second-order valence-electron chi connectivity index (χ2n) is 7.79. The number of amides is 1. The van der Waals surface area contributed by atoms with Gasteiger partial charge in [-0.2, -0.15) is 0 Å². The number of halogens is 1. The number of fused-ring (bicyclic) bond motifs is 3. The van der Waals surface area contributed by atoms with E-state index in [1.807, 2.05) is 43.3 Å². The van der Waals surface area contributed by atoms with Gasteiger partial charge in [-0.05, 0) is 54.8 Å². The predicted octanol–water partition coefficient (Wildman–Crippen LogP) is 4.16. The average molecular weight is 503 g/mol. The van der Waals surface area contributed by atoms with E-state index in [9.17, 15) is 9.90 Å². The highest BCUT2D eigenvalue weighted by atomic mass is 79.9. The van der Waals surface area contributed by atoms with E-state index in [4.69, 9.17) is 14.6 Å². The van der Waals surface area contributed by atoms with Crippen molar-refractivity contribution in [3.8, 4) is 5.75 Å². The number of hydrogen-bond donors (Lipinski definition) is 3. The first-order valence-corrected chi connectivity index (χ1v) is 11.6. The van der Waals surface area contributed by atoms with Crippen LogP contribution in [-0.2, 0) is 11.2 Å². The molecule has 32 heavy (non-hydrogen) atoms. The number of hydrogen-bond acceptors (Lipinski definition) is 5. The molecule has 0 saturated heterocycles. The molecule has 0 saturated carbocycles. The van der Waals surface area contributed by atoms with Crippen LogP contribution in [0, 0.1) is 0 Å². The van der Waals surface area contributed by atoms with E-state index in [1.165, 1.54) is 5.56 Å². The first kappa shape index (κ1) is 22.6. The lowest BCUT2D eigenvalue weighted by Gasteiger charge is -2.35. The molecule has 0 radical (unpaired) electrons. The molecule has 0 fully saturated rings. The molecule has 1 aliphatic rings. The Morgan fingerprint density at radius 3 is 2.78 bits per heavy atom. The summed E-state index contributed by atoms with van der Waals surface area (Å²) in [4.78, 5) is 18.1. The smallest absolute Gasteiger partial charge is 0.410 e. The summed E-state index contributed by atoms with van der Waals surface area (Å²) in [5.41, 5.74) is 4.20. The Morgan fingerprint density at radius 2 is 2.06 bits per heavy atom. The standard InChI is InChI=1S/C24H27BrN2O5/c1-2-31-24(30)27-11-9-19-20-13-16(25)5-8-21(20)26-22(19)23(27)15-3-6-18(7-4-15)32-12-10-17(29)14-28/h3-8,13,17,23,26,28-29H,2,9-12,14H2,1H3/t17-,23-/m0/s1. The van der Waals surface area contributed by atoms with Crippen LogP contribution in [0.25, 0.3) is 10.9 Å². The second-order valence-corrected chi connectivity index (χ2v) is 8.71. The molecule has 2 aromatic carbocycles. The van der Waals surface area contributed by atoms with Gasteiger partial charge >= 0.3 is 6.09 Å². The van der Waals surface area contributed by atoms with Crippen LogP contribution in [0.5, 0.6) is 5.75 Å². The third-order valence-corrected chi connectivity index (χ3v) is 6.21. The number of H-pyrrole nitrogens is 1. The van der Waals surface area contributed by atoms with Crippen LogP contribution in [0.1, 0.15) is 36.2 Å². The summed E-state index contributed by atoms with van der Waals surface area (Å²) in [6.07, 6.45) is -0.0162. The first-order chi connectivity index (χ1) is 15.5. The van der Waals surface area contributed by atoms with Crippen LogP contribution in [0.3, 0.4) is 0 Å². The van der Waals surface area contributed by atoms with E-state index >= 15 is 0 Å². The molecular formula is C24H27BrN2O5. The van der Waals surface area contributed by atoms with Gasteiger partial charge in [-0.3, -0.25) is 4.90 Å². The normalized spacial score (nSPS) is 16.6. The van der Waals surface area contributed by atoms with Crippen molar-refractivity contribution in [3.05, 3.63) is 63.8 Å². The van der Waals surface area contributed by atoms with Crippen LogP contribution >= 0.6 is 15.9 Å². The number of rotatable bonds is 7. The van der Waals surface area contributed by atoms with Gasteiger partial charge in [0.05, 0.1) is 25.9 Å². The number of nitrogens with one attached hydrogen (secondary N) is 1. The highest BCUT2D eigenvalue weighted by Gasteiger charge is 2.35. The molecule has 4 rings (SSSR count). The summed E-state index contributed by atoms with van der Waals surface area (Å²) in [5.74, 6) is 0.665. The van der Waals surface area contributed by atoms with Crippen molar-refractivity contribution in [1.29, 1.82) is 0 Å². The highest BCUT2D eigenvalue weighted by Crippen LogP contribution is 2.39. The van der Waals surface area contributed by atoms with Gasteiger partial charge in [-0.1, -0.05) is 28.1 Å². The molecule has 0 unspecified atom stereocenters. The summed E-state index contributed by atoms with van der Waals surface area (Å²) >= 11 is 3.56. The van der Waals surface area contributed by atoms with E-state index in [-0.39, 0.29) is 18.7 Å². The maximum atomic E-state index is 12.8. The van der Waals surface area contributed by atoms with Crippen molar-refractivity contribution in [1.82, 2.24) is 9.88 Å². The van der Waals surface area contributed by atoms with E-state index in [2.05, 4.69) is 27.0 Å². The van der Waals surface area contributed by atoms with Crippen molar-refractivity contribution in [3.63, 3.8) is 0 Å². The van der Waals surface area contributed by atoms with Crippen LogP contribution < -0.4 is 4.74 Å².